The van der Waals surface area contributed by atoms with Crippen LogP contribution >= 0.6 is 0 Å². The topological polar surface area (TPSA) is 62.8 Å². The van der Waals surface area contributed by atoms with Crippen molar-refractivity contribution in [2.24, 2.45) is 0 Å². The lowest BCUT2D eigenvalue weighted by molar-refractivity contribution is 0.414. The van der Waals surface area contributed by atoms with Gasteiger partial charge in [0, 0.05) is 6.54 Å². The van der Waals surface area contributed by atoms with Crippen LogP contribution in [0.1, 0.15) is 24.4 Å². The summed E-state index contributed by atoms with van der Waals surface area (Å²) in [5, 5.41) is 10.0. The molecule has 90 valence electrons. The number of nitrogens with zero attached hydrogens (tertiary/aromatic N) is 2. The van der Waals surface area contributed by atoms with Gasteiger partial charge in [-0.3, -0.25) is 5.10 Å². The zero-order valence-corrected chi connectivity index (χ0v) is 9.97. The van der Waals surface area contributed by atoms with E-state index in [1.54, 1.807) is 7.11 Å². The van der Waals surface area contributed by atoms with Crippen molar-refractivity contribution < 1.29 is 4.74 Å². The molecule has 2 N–H and O–H groups in total. The number of H-pyrrole nitrogens is 1. The molecule has 0 spiro atoms. The molecule has 1 atom stereocenters. The standard InChI is InChI=1S/C12H16N4O/c1-9(12-14-8-15-16-12)13-7-10-3-5-11(17-2)6-4-10/h3-6,8-9,13H,7H2,1-2H3,(H,14,15,16). The molecule has 0 radical (unpaired) electrons. The second-order valence-corrected chi connectivity index (χ2v) is 3.82. The van der Waals surface area contributed by atoms with Crippen molar-refractivity contribution >= 4 is 0 Å². The molecular formula is C12H16N4O. The monoisotopic (exact) mass is 232 g/mol. The minimum Gasteiger partial charge on any atom is -0.497 e. The second-order valence-electron chi connectivity index (χ2n) is 3.82. The first-order valence-corrected chi connectivity index (χ1v) is 5.51. The van der Waals surface area contributed by atoms with Gasteiger partial charge in [-0.2, -0.15) is 5.10 Å². The van der Waals surface area contributed by atoms with E-state index in [-0.39, 0.29) is 6.04 Å². The Balaban J connectivity index is 1.89. The number of aromatic amines is 1. The minimum absolute atomic E-state index is 0.152. The summed E-state index contributed by atoms with van der Waals surface area (Å²) >= 11 is 0. The van der Waals surface area contributed by atoms with Gasteiger partial charge >= 0.3 is 0 Å². The molecule has 5 nitrogen and oxygen atoms in total. The molecule has 0 aliphatic carbocycles. The Hall–Kier alpha value is -1.88. The highest BCUT2D eigenvalue weighted by Gasteiger charge is 2.06. The Morgan fingerprint density at radius 1 is 1.35 bits per heavy atom. The lowest BCUT2D eigenvalue weighted by Crippen LogP contribution is -2.19. The van der Waals surface area contributed by atoms with Crippen molar-refractivity contribution in [3.05, 3.63) is 42.0 Å². The van der Waals surface area contributed by atoms with Crippen molar-refractivity contribution in [2.45, 2.75) is 19.5 Å². The molecule has 1 aromatic heterocycles. The number of hydrogen-bond donors (Lipinski definition) is 2. The molecule has 0 bridgehead atoms. The Kier molecular flexibility index (Phi) is 3.72. The van der Waals surface area contributed by atoms with E-state index < -0.39 is 0 Å². The number of methoxy groups -OCH3 is 1. The van der Waals surface area contributed by atoms with E-state index in [0.717, 1.165) is 18.1 Å². The van der Waals surface area contributed by atoms with E-state index in [1.165, 1.54) is 11.9 Å². The number of hydrogen-bond acceptors (Lipinski definition) is 4. The maximum absolute atomic E-state index is 5.11. The van der Waals surface area contributed by atoms with Crippen LogP contribution in [-0.2, 0) is 6.54 Å². The number of ether oxygens (including phenoxy) is 1. The lowest BCUT2D eigenvalue weighted by Gasteiger charge is -2.11. The van der Waals surface area contributed by atoms with Gasteiger partial charge < -0.3 is 10.1 Å². The molecular weight excluding hydrogens is 216 g/mol. The van der Waals surface area contributed by atoms with Crippen LogP contribution in [0.5, 0.6) is 5.75 Å². The zero-order valence-electron chi connectivity index (χ0n) is 9.97. The summed E-state index contributed by atoms with van der Waals surface area (Å²) in [6.45, 7) is 2.83. The summed E-state index contributed by atoms with van der Waals surface area (Å²) in [6, 6.07) is 8.14. The summed E-state index contributed by atoms with van der Waals surface area (Å²) in [4.78, 5) is 4.11. The van der Waals surface area contributed by atoms with Crippen LogP contribution in [0.4, 0.5) is 0 Å². The van der Waals surface area contributed by atoms with Gasteiger partial charge in [0.1, 0.15) is 17.9 Å². The zero-order chi connectivity index (χ0) is 12.1. The Morgan fingerprint density at radius 3 is 2.71 bits per heavy atom. The summed E-state index contributed by atoms with van der Waals surface area (Å²) in [5.74, 6) is 1.72. The van der Waals surface area contributed by atoms with Gasteiger partial charge in [0.2, 0.25) is 0 Å². The first kappa shape index (κ1) is 11.6. The molecule has 1 unspecified atom stereocenters. The molecule has 2 rings (SSSR count). The Labute approximate surface area is 100 Å². The maximum Gasteiger partial charge on any atom is 0.141 e. The smallest absolute Gasteiger partial charge is 0.141 e. The van der Waals surface area contributed by atoms with Crippen LogP contribution in [0.2, 0.25) is 0 Å². The van der Waals surface area contributed by atoms with Crippen molar-refractivity contribution in [1.82, 2.24) is 20.5 Å². The van der Waals surface area contributed by atoms with Crippen LogP contribution in [0, 0.1) is 0 Å². The average Bonchev–Trinajstić information content (AvgIpc) is 2.90. The van der Waals surface area contributed by atoms with Crippen molar-refractivity contribution in [2.75, 3.05) is 7.11 Å². The molecule has 1 heterocycles. The van der Waals surface area contributed by atoms with Crippen LogP contribution in [0.3, 0.4) is 0 Å². The highest BCUT2D eigenvalue weighted by atomic mass is 16.5. The largest absolute Gasteiger partial charge is 0.497 e. The van der Waals surface area contributed by atoms with Gasteiger partial charge in [-0.1, -0.05) is 12.1 Å². The van der Waals surface area contributed by atoms with E-state index in [4.69, 9.17) is 4.74 Å². The van der Waals surface area contributed by atoms with Crippen molar-refractivity contribution in [1.29, 1.82) is 0 Å². The normalized spacial score (nSPS) is 12.4. The first-order chi connectivity index (χ1) is 8.29. The fourth-order valence-corrected chi connectivity index (χ4v) is 1.53. The van der Waals surface area contributed by atoms with E-state index in [1.807, 2.05) is 31.2 Å². The fraction of sp³-hybridized carbons (Fsp3) is 0.333. The van der Waals surface area contributed by atoms with Gasteiger partial charge in [0.05, 0.1) is 13.2 Å². The molecule has 2 aromatic rings. The van der Waals surface area contributed by atoms with Gasteiger partial charge in [-0.15, -0.1) is 0 Å². The van der Waals surface area contributed by atoms with E-state index in [9.17, 15) is 0 Å². The van der Waals surface area contributed by atoms with E-state index in [0.29, 0.717) is 0 Å². The average molecular weight is 232 g/mol. The highest BCUT2D eigenvalue weighted by Crippen LogP contribution is 2.12. The summed E-state index contributed by atoms with van der Waals surface area (Å²) in [6.07, 6.45) is 1.51. The second kappa shape index (κ2) is 5.45. The number of benzene rings is 1. The molecule has 0 amide bonds. The quantitative estimate of drug-likeness (QED) is 0.823. The van der Waals surface area contributed by atoms with Gasteiger partial charge in [0.25, 0.3) is 0 Å². The number of aromatic nitrogens is 3. The first-order valence-electron chi connectivity index (χ1n) is 5.51. The van der Waals surface area contributed by atoms with E-state index >= 15 is 0 Å². The van der Waals surface area contributed by atoms with Crippen LogP contribution < -0.4 is 10.1 Å². The Morgan fingerprint density at radius 2 is 2.12 bits per heavy atom. The van der Waals surface area contributed by atoms with Gasteiger partial charge in [-0.05, 0) is 24.6 Å². The van der Waals surface area contributed by atoms with Gasteiger partial charge in [-0.25, -0.2) is 4.98 Å². The van der Waals surface area contributed by atoms with E-state index in [2.05, 4.69) is 20.5 Å². The fourth-order valence-electron chi connectivity index (χ4n) is 1.53. The maximum atomic E-state index is 5.11. The van der Waals surface area contributed by atoms with Crippen molar-refractivity contribution in [3.8, 4) is 5.75 Å². The van der Waals surface area contributed by atoms with Gasteiger partial charge in [0.15, 0.2) is 0 Å². The van der Waals surface area contributed by atoms with Crippen LogP contribution in [0.15, 0.2) is 30.6 Å². The lowest BCUT2D eigenvalue weighted by atomic mass is 10.2. The third-order valence-corrected chi connectivity index (χ3v) is 2.62. The number of rotatable bonds is 5. The summed E-state index contributed by atoms with van der Waals surface area (Å²) in [5.41, 5.74) is 1.21. The minimum atomic E-state index is 0.152. The Bertz CT molecular complexity index is 438. The molecule has 1 aromatic carbocycles. The molecule has 0 aliphatic rings. The molecule has 17 heavy (non-hydrogen) atoms. The number of nitrogens with one attached hydrogen (secondary N) is 2. The predicted octanol–water partition coefficient (Wildman–Crippen LogP) is 1.66. The molecule has 0 saturated carbocycles. The third-order valence-electron chi connectivity index (χ3n) is 2.62. The van der Waals surface area contributed by atoms with Crippen molar-refractivity contribution in [3.63, 3.8) is 0 Å². The summed E-state index contributed by atoms with van der Waals surface area (Å²) < 4.78 is 5.11. The molecule has 0 saturated heterocycles. The molecule has 0 aliphatic heterocycles. The predicted molar refractivity (Wildman–Crippen MR) is 64.6 cm³/mol. The third kappa shape index (κ3) is 3.04. The highest BCUT2D eigenvalue weighted by molar-refractivity contribution is 5.27. The molecule has 5 heteroatoms. The SMILES string of the molecule is COc1ccc(CNC(C)c2ncn[nH]2)cc1. The van der Waals surface area contributed by atoms with Crippen LogP contribution in [-0.4, -0.2) is 22.3 Å². The van der Waals surface area contributed by atoms with Crippen LogP contribution in [0.25, 0.3) is 0 Å². The molecule has 0 fully saturated rings. The summed E-state index contributed by atoms with van der Waals surface area (Å²) in [7, 11) is 1.67.